The number of halogens is 1. The van der Waals surface area contributed by atoms with Crippen LogP contribution in [0.3, 0.4) is 0 Å². The molecule has 0 aliphatic carbocycles. The Balaban J connectivity index is 2.27. The standard InChI is InChI=1S/C11H14ClN3O2/c1-14-9-5-17-4-8(9)10(16)7-2-6(12)3-15-11(7)13/h2-3,8-9,14H,4-5H2,1H3,(H2,13,15). The Morgan fingerprint density at radius 3 is 3.12 bits per heavy atom. The zero-order chi connectivity index (χ0) is 12.4. The molecule has 1 aromatic heterocycles. The molecule has 0 saturated carbocycles. The van der Waals surface area contributed by atoms with E-state index in [-0.39, 0.29) is 23.6 Å². The van der Waals surface area contributed by atoms with E-state index in [9.17, 15) is 4.79 Å². The van der Waals surface area contributed by atoms with Gasteiger partial charge in [0.25, 0.3) is 0 Å². The average molecular weight is 256 g/mol. The summed E-state index contributed by atoms with van der Waals surface area (Å²) in [6, 6.07) is 1.57. The fourth-order valence-electron chi connectivity index (χ4n) is 1.94. The monoisotopic (exact) mass is 255 g/mol. The van der Waals surface area contributed by atoms with Crippen molar-refractivity contribution < 1.29 is 9.53 Å². The summed E-state index contributed by atoms with van der Waals surface area (Å²) in [6.07, 6.45) is 1.42. The highest BCUT2D eigenvalue weighted by Gasteiger charge is 2.34. The summed E-state index contributed by atoms with van der Waals surface area (Å²) in [5.74, 6) is -0.0990. The van der Waals surface area contributed by atoms with Gasteiger partial charge in [-0.3, -0.25) is 4.79 Å². The van der Waals surface area contributed by atoms with E-state index in [1.165, 1.54) is 6.20 Å². The van der Waals surface area contributed by atoms with E-state index < -0.39 is 0 Å². The Hall–Kier alpha value is -1.17. The maximum absolute atomic E-state index is 12.3. The van der Waals surface area contributed by atoms with Crippen molar-refractivity contribution in [2.45, 2.75) is 6.04 Å². The number of nitrogens with one attached hydrogen (secondary N) is 1. The smallest absolute Gasteiger partial charge is 0.173 e. The topological polar surface area (TPSA) is 77.2 Å². The highest BCUT2D eigenvalue weighted by molar-refractivity contribution is 6.31. The minimum atomic E-state index is -0.234. The minimum absolute atomic E-state index is 0.0147. The highest BCUT2D eigenvalue weighted by Crippen LogP contribution is 2.23. The van der Waals surface area contributed by atoms with Crippen molar-refractivity contribution in [1.29, 1.82) is 0 Å². The number of ketones is 1. The molecular weight excluding hydrogens is 242 g/mol. The lowest BCUT2D eigenvalue weighted by atomic mass is 9.94. The number of carbonyl (C=O) groups is 1. The molecule has 0 spiro atoms. The van der Waals surface area contributed by atoms with E-state index in [2.05, 4.69) is 10.3 Å². The van der Waals surface area contributed by atoms with Crippen LogP contribution < -0.4 is 11.1 Å². The van der Waals surface area contributed by atoms with Gasteiger partial charge in [0.1, 0.15) is 5.82 Å². The summed E-state index contributed by atoms with van der Waals surface area (Å²) in [6.45, 7) is 0.928. The van der Waals surface area contributed by atoms with Crippen molar-refractivity contribution >= 4 is 23.2 Å². The molecule has 2 unspecified atom stereocenters. The van der Waals surface area contributed by atoms with E-state index in [0.29, 0.717) is 23.8 Å². The molecule has 1 aliphatic rings. The quantitative estimate of drug-likeness (QED) is 0.779. The van der Waals surface area contributed by atoms with E-state index in [4.69, 9.17) is 22.1 Å². The van der Waals surface area contributed by atoms with Crippen molar-refractivity contribution in [3.05, 3.63) is 22.8 Å². The molecule has 92 valence electrons. The van der Waals surface area contributed by atoms with E-state index in [1.54, 1.807) is 13.1 Å². The van der Waals surface area contributed by atoms with Crippen LogP contribution in [-0.2, 0) is 4.74 Å². The van der Waals surface area contributed by atoms with Gasteiger partial charge in [0.15, 0.2) is 5.78 Å². The zero-order valence-corrected chi connectivity index (χ0v) is 10.2. The molecule has 1 fully saturated rings. The van der Waals surface area contributed by atoms with Crippen LogP contribution in [0.15, 0.2) is 12.3 Å². The number of hydrogen-bond acceptors (Lipinski definition) is 5. The summed E-state index contributed by atoms with van der Waals surface area (Å²) >= 11 is 5.82. The SMILES string of the molecule is CNC1COCC1C(=O)c1cc(Cl)cnc1N. The second-order valence-corrected chi connectivity index (χ2v) is 4.43. The maximum Gasteiger partial charge on any atom is 0.173 e. The number of anilines is 1. The van der Waals surface area contributed by atoms with Gasteiger partial charge in [-0.2, -0.15) is 0 Å². The van der Waals surface area contributed by atoms with Gasteiger partial charge in [0.05, 0.1) is 29.7 Å². The third-order valence-electron chi connectivity index (χ3n) is 2.94. The fraction of sp³-hybridized carbons (Fsp3) is 0.455. The number of aromatic nitrogens is 1. The normalized spacial score (nSPS) is 23.9. The molecule has 3 N–H and O–H groups in total. The number of rotatable bonds is 3. The third kappa shape index (κ3) is 2.41. The summed E-state index contributed by atoms with van der Waals surface area (Å²) in [5.41, 5.74) is 6.06. The number of hydrogen-bond donors (Lipinski definition) is 2. The summed E-state index contributed by atoms with van der Waals surface area (Å²) < 4.78 is 5.30. The van der Waals surface area contributed by atoms with Crippen LogP contribution in [0.4, 0.5) is 5.82 Å². The first-order valence-corrected chi connectivity index (χ1v) is 5.71. The van der Waals surface area contributed by atoms with Crippen molar-refractivity contribution in [3.8, 4) is 0 Å². The molecular formula is C11H14ClN3O2. The lowest BCUT2D eigenvalue weighted by molar-refractivity contribution is 0.0893. The Labute approximate surface area is 104 Å². The molecule has 0 bridgehead atoms. The molecule has 0 radical (unpaired) electrons. The molecule has 5 nitrogen and oxygen atoms in total. The largest absolute Gasteiger partial charge is 0.383 e. The van der Waals surface area contributed by atoms with Gasteiger partial charge in [-0.1, -0.05) is 11.6 Å². The first-order chi connectivity index (χ1) is 8.13. The zero-order valence-electron chi connectivity index (χ0n) is 9.44. The predicted molar refractivity (Wildman–Crippen MR) is 65.1 cm³/mol. The summed E-state index contributed by atoms with van der Waals surface area (Å²) in [5, 5.41) is 3.46. The predicted octanol–water partition coefficient (Wildman–Crippen LogP) is 0.734. The van der Waals surface area contributed by atoms with Crippen LogP contribution in [0.1, 0.15) is 10.4 Å². The van der Waals surface area contributed by atoms with E-state index in [0.717, 1.165) is 0 Å². The Morgan fingerprint density at radius 2 is 2.41 bits per heavy atom. The number of nitrogens with two attached hydrogens (primary N) is 1. The Bertz CT molecular complexity index is 439. The molecule has 1 aromatic rings. The number of ether oxygens (including phenoxy) is 1. The molecule has 17 heavy (non-hydrogen) atoms. The van der Waals surface area contributed by atoms with E-state index in [1.807, 2.05) is 0 Å². The molecule has 0 aromatic carbocycles. The van der Waals surface area contributed by atoms with Crippen molar-refractivity contribution in [1.82, 2.24) is 10.3 Å². The van der Waals surface area contributed by atoms with Gasteiger partial charge in [-0.15, -0.1) is 0 Å². The Morgan fingerprint density at radius 1 is 1.65 bits per heavy atom. The van der Waals surface area contributed by atoms with Crippen molar-refractivity contribution in [2.24, 2.45) is 5.92 Å². The Kier molecular flexibility index (Phi) is 3.61. The van der Waals surface area contributed by atoms with Crippen LogP contribution in [-0.4, -0.2) is 37.1 Å². The molecule has 2 atom stereocenters. The lowest BCUT2D eigenvalue weighted by Gasteiger charge is -2.16. The van der Waals surface area contributed by atoms with Crippen molar-refractivity contribution in [3.63, 3.8) is 0 Å². The minimum Gasteiger partial charge on any atom is -0.383 e. The molecule has 2 heterocycles. The van der Waals surface area contributed by atoms with Crippen LogP contribution in [0, 0.1) is 5.92 Å². The number of nitrogen functional groups attached to an aromatic ring is 1. The van der Waals surface area contributed by atoms with E-state index >= 15 is 0 Å². The molecule has 1 saturated heterocycles. The second kappa shape index (κ2) is 5.00. The van der Waals surface area contributed by atoms with Crippen LogP contribution in [0.25, 0.3) is 0 Å². The first-order valence-electron chi connectivity index (χ1n) is 5.33. The molecule has 0 amide bonds. The fourth-order valence-corrected chi connectivity index (χ4v) is 2.10. The second-order valence-electron chi connectivity index (χ2n) is 3.99. The highest BCUT2D eigenvalue weighted by atomic mass is 35.5. The molecule has 2 rings (SSSR count). The molecule has 1 aliphatic heterocycles. The van der Waals surface area contributed by atoms with Gasteiger partial charge < -0.3 is 15.8 Å². The lowest BCUT2D eigenvalue weighted by Crippen LogP contribution is -2.37. The van der Waals surface area contributed by atoms with Gasteiger partial charge in [0, 0.05) is 12.2 Å². The number of Topliss-reactive ketones (excluding diaryl/α,β-unsaturated/α-hetero) is 1. The number of likely N-dealkylation sites (N-methyl/N-ethyl adjacent to an activating group) is 1. The van der Waals surface area contributed by atoms with Gasteiger partial charge in [-0.25, -0.2) is 4.98 Å². The number of pyridine rings is 1. The van der Waals surface area contributed by atoms with Crippen molar-refractivity contribution in [2.75, 3.05) is 26.0 Å². The van der Waals surface area contributed by atoms with Gasteiger partial charge >= 0.3 is 0 Å². The van der Waals surface area contributed by atoms with Crippen LogP contribution in [0.2, 0.25) is 5.02 Å². The van der Waals surface area contributed by atoms with Gasteiger partial charge in [-0.05, 0) is 13.1 Å². The molecule has 6 heteroatoms. The van der Waals surface area contributed by atoms with Crippen LogP contribution in [0.5, 0.6) is 0 Å². The number of carbonyl (C=O) groups excluding carboxylic acids is 1. The first kappa shape index (κ1) is 12.3. The summed E-state index contributed by atoms with van der Waals surface area (Å²) in [7, 11) is 1.80. The van der Waals surface area contributed by atoms with Gasteiger partial charge in [0.2, 0.25) is 0 Å². The summed E-state index contributed by atoms with van der Waals surface area (Å²) in [4.78, 5) is 16.2. The van der Waals surface area contributed by atoms with Crippen LogP contribution >= 0.6 is 11.6 Å². The third-order valence-corrected chi connectivity index (χ3v) is 3.15. The maximum atomic E-state index is 12.3. The average Bonchev–Trinajstić information content (AvgIpc) is 2.79. The number of nitrogens with zero attached hydrogens (tertiary/aromatic N) is 1.